The van der Waals surface area contributed by atoms with Gasteiger partial charge >= 0.3 is 0 Å². The van der Waals surface area contributed by atoms with Gasteiger partial charge in [0.2, 0.25) is 5.88 Å². The zero-order chi connectivity index (χ0) is 18.2. The first-order chi connectivity index (χ1) is 12.1. The van der Waals surface area contributed by atoms with Gasteiger partial charge in [0.25, 0.3) is 5.91 Å². The SMILES string of the molecule is COCCOc1ccc(NC(=O)c2cc(OC)c(Br)c(OC)c2)cn1. The van der Waals surface area contributed by atoms with Crippen LogP contribution in [0.4, 0.5) is 5.69 Å². The molecule has 1 heterocycles. The Morgan fingerprint density at radius 2 is 1.80 bits per heavy atom. The number of methoxy groups -OCH3 is 3. The lowest BCUT2D eigenvalue weighted by molar-refractivity contribution is 0.102. The Kier molecular flexibility index (Phi) is 7.03. The van der Waals surface area contributed by atoms with Gasteiger partial charge in [-0.05, 0) is 34.1 Å². The molecule has 0 saturated carbocycles. The molecule has 1 N–H and O–H groups in total. The summed E-state index contributed by atoms with van der Waals surface area (Å²) in [6, 6.07) is 6.63. The summed E-state index contributed by atoms with van der Waals surface area (Å²) in [6.07, 6.45) is 1.52. The number of carbonyl (C=O) groups is 1. The molecule has 0 aliphatic carbocycles. The number of aromatic nitrogens is 1. The molecule has 0 unspecified atom stereocenters. The molecule has 2 aromatic rings. The number of amides is 1. The molecule has 2 rings (SSSR count). The number of nitrogens with one attached hydrogen (secondary N) is 1. The molecule has 8 heteroatoms. The van der Waals surface area contributed by atoms with E-state index in [1.165, 1.54) is 20.4 Å². The molecule has 0 aliphatic rings. The zero-order valence-corrected chi connectivity index (χ0v) is 15.8. The maximum absolute atomic E-state index is 12.4. The van der Waals surface area contributed by atoms with E-state index in [1.54, 1.807) is 31.4 Å². The molecule has 134 valence electrons. The standard InChI is InChI=1S/C17H19BrN2O5/c1-22-6-7-25-15-5-4-12(10-19-15)20-17(21)11-8-13(23-2)16(18)14(9-11)24-3/h4-5,8-10H,6-7H2,1-3H3,(H,20,21). The van der Waals surface area contributed by atoms with Crippen LogP contribution in [0.3, 0.4) is 0 Å². The fourth-order valence-electron chi connectivity index (χ4n) is 1.97. The molecule has 0 fully saturated rings. The van der Waals surface area contributed by atoms with E-state index in [4.69, 9.17) is 18.9 Å². The summed E-state index contributed by atoms with van der Waals surface area (Å²) in [4.78, 5) is 16.6. The summed E-state index contributed by atoms with van der Waals surface area (Å²) in [5, 5.41) is 2.77. The highest BCUT2D eigenvalue weighted by molar-refractivity contribution is 9.10. The van der Waals surface area contributed by atoms with Gasteiger partial charge in [0.15, 0.2) is 0 Å². The molecule has 1 aromatic heterocycles. The minimum atomic E-state index is -0.307. The Morgan fingerprint density at radius 3 is 2.32 bits per heavy atom. The van der Waals surface area contributed by atoms with Crippen molar-refractivity contribution in [2.45, 2.75) is 0 Å². The molecular weight excluding hydrogens is 392 g/mol. The van der Waals surface area contributed by atoms with E-state index in [9.17, 15) is 4.79 Å². The number of pyridine rings is 1. The van der Waals surface area contributed by atoms with Gasteiger partial charge in [-0.3, -0.25) is 4.79 Å². The summed E-state index contributed by atoms with van der Waals surface area (Å²) < 4.78 is 21.4. The predicted molar refractivity (Wildman–Crippen MR) is 96.8 cm³/mol. The van der Waals surface area contributed by atoms with Crippen LogP contribution in [0.5, 0.6) is 17.4 Å². The highest BCUT2D eigenvalue weighted by Crippen LogP contribution is 2.35. The normalized spacial score (nSPS) is 10.2. The number of halogens is 1. The molecule has 0 saturated heterocycles. The fourth-order valence-corrected chi connectivity index (χ4v) is 2.53. The van der Waals surface area contributed by atoms with Gasteiger partial charge in [-0.1, -0.05) is 0 Å². The summed E-state index contributed by atoms with van der Waals surface area (Å²) in [7, 11) is 4.64. The second kappa shape index (κ2) is 9.24. The summed E-state index contributed by atoms with van der Waals surface area (Å²) in [6.45, 7) is 0.890. The molecule has 0 radical (unpaired) electrons. The molecule has 0 bridgehead atoms. The van der Waals surface area contributed by atoms with Gasteiger partial charge < -0.3 is 24.3 Å². The number of rotatable bonds is 8. The van der Waals surface area contributed by atoms with E-state index in [-0.39, 0.29) is 5.91 Å². The smallest absolute Gasteiger partial charge is 0.255 e. The third-order valence-electron chi connectivity index (χ3n) is 3.24. The summed E-state index contributed by atoms with van der Waals surface area (Å²) in [5.74, 6) is 1.16. The lowest BCUT2D eigenvalue weighted by Gasteiger charge is -2.12. The maximum Gasteiger partial charge on any atom is 0.255 e. The number of carbonyl (C=O) groups excluding carboxylic acids is 1. The fraction of sp³-hybridized carbons (Fsp3) is 0.294. The molecule has 7 nitrogen and oxygen atoms in total. The second-order valence-corrected chi connectivity index (χ2v) is 5.67. The first-order valence-electron chi connectivity index (χ1n) is 7.39. The highest BCUT2D eigenvalue weighted by Gasteiger charge is 2.15. The van der Waals surface area contributed by atoms with Crippen molar-refractivity contribution in [3.05, 3.63) is 40.5 Å². The van der Waals surface area contributed by atoms with Crippen LogP contribution < -0.4 is 19.5 Å². The van der Waals surface area contributed by atoms with Crippen LogP contribution in [0.2, 0.25) is 0 Å². The quantitative estimate of drug-likeness (QED) is 0.673. The maximum atomic E-state index is 12.4. The van der Waals surface area contributed by atoms with Crippen molar-refractivity contribution in [1.29, 1.82) is 0 Å². The van der Waals surface area contributed by atoms with Crippen LogP contribution in [0.25, 0.3) is 0 Å². The average molecular weight is 411 g/mol. The van der Waals surface area contributed by atoms with Gasteiger partial charge in [-0.15, -0.1) is 0 Å². The van der Waals surface area contributed by atoms with Crippen molar-refractivity contribution >= 4 is 27.5 Å². The Morgan fingerprint density at radius 1 is 1.12 bits per heavy atom. The lowest BCUT2D eigenvalue weighted by Crippen LogP contribution is -2.13. The molecule has 0 atom stereocenters. The van der Waals surface area contributed by atoms with Crippen molar-refractivity contribution in [2.24, 2.45) is 0 Å². The van der Waals surface area contributed by atoms with E-state index < -0.39 is 0 Å². The average Bonchev–Trinajstić information content (AvgIpc) is 2.63. The monoisotopic (exact) mass is 410 g/mol. The van der Waals surface area contributed by atoms with Gasteiger partial charge in [0.1, 0.15) is 22.6 Å². The highest BCUT2D eigenvalue weighted by atomic mass is 79.9. The van der Waals surface area contributed by atoms with Crippen LogP contribution in [0.15, 0.2) is 34.9 Å². The Balaban J connectivity index is 2.09. The van der Waals surface area contributed by atoms with Crippen LogP contribution in [-0.4, -0.2) is 45.4 Å². The molecule has 25 heavy (non-hydrogen) atoms. The van der Waals surface area contributed by atoms with E-state index >= 15 is 0 Å². The van der Waals surface area contributed by atoms with E-state index in [1.807, 2.05) is 0 Å². The summed E-state index contributed by atoms with van der Waals surface area (Å²) in [5.41, 5.74) is 0.947. The van der Waals surface area contributed by atoms with Crippen LogP contribution in [0.1, 0.15) is 10.4 Å². The van der Waals surface area contributed by atoms with E-state index in [0.29, 0.717) is 46.3 Å². The third-order valence-corrected chi connectivity index (χ3v) is 4.02. The van der Waals surface area contributed by atoms with Crippen molar-refractivity contribution < 1.29 is 23.7 Å². The van der Waals surface area contributed by atoms with Crippen molar-refractivity contribution in [2.75, 3.05) is 39.9 Å². The van der Waals surface area contributed by atoms with Crippen molar-refractivity contribution in [1.82, 2.24) is 4.98 Å². The van der Waals surface area contributed by atoms with E-state index in [2.05, 4.69) is 26.2 Å². The van der Waals surface area contributed by atoms with Crippen molar-refractivity contribution in [3.63, 3.8) is 0 Å². The van der Waals surface area contributed by atoms with Gasteiger partial charge in [0, 0.05) is 18.7 Å². The number of hydrogen-bond acceptors (Lipinski definition) is 6. The third kappa shape index (κ3) is 5.07. The minimum Gasteiger partial charge on any atom is -0.495 e. The topological polar surface area (TPSA) is 78.9 Å². The van der Waals surface area contributed by atoms with Gasteiger partial charge in [-0.25, -0.2) is 4.98 Å². The van der Waals surface area contributed by atoms with Crippen LogP contribution in [-0.2, 0) is 4.74 Å². The van der Waals surface area contributed by atoms with E-state index in [0.717, 1.165) is 0 Å². The number of hydrogen-bond donors (Lipinski definition) is 1. The largest absolute Gasteiger partial charge is 0.495 e. The Labute approximate surface area is 154 Å². The number of benzene rings is 1. The van der Waals surface area contributed by atoms with Gasteiger partial charge in [0.05, 0.1) is 32.7 Å². The predicted octanol–water partition coefficient (Wildman–Crippen LogP) is 3.14. The Hall–Kier alpha value is -2.32. The first-order valence-corrected chi connectivity index (χ1v) is 8.19. The minimum absolute atomic E-state index is 0.307. The number of anilines is 1. The Bertz CT molecular complexity index is 696. The first kappa shape index (κ1) is 19.0. The molecule has 0 spiro atoms. The molecule has 1 aromatic carbocycles. The molecule has 0 aliphatic heterocycles. The molecular formula is C17H19BrN2O5. The van der Waals surface area contributed by atoms with Crippen LogP contribution in [0, 0.1) is 0 Å². The van der Waals surface area contributed by atoms with Crippen molar-refractivity contribution in [3.8, 4) is 17.4 Å². The number of nitrogens with zero attached hydrogens (tertiary/aromatic N) is 1. The number of ether oxygens (including phenoxy) is 4. The summed E-state index contributed by atoms with van der Waals surface area (Å²) >= 11 is 3.37. The lowest BCUT2D eigenvalue weighted by atomic mass is 10.2. The van der Waals surface area contributed by atoms with Gasteiger partial charge in [-0.2, -0.15) is 0 Å². The second-order valence-electron chi connectivity index (χ2n) is 4.88. The zero-order valence-electron chi connectivity index (χ0n) is 14.2. The molecule has 1 amide bonds. The van der Waals surface area contributed by atoms with Crippen LogP contribution >= 0.6 is 15.9 Å².